The summed E-state index contributed by atoms with van der Waals surface area (Å²) in [5.41, 5.74) is 3.91. The summed E-state index contributed by atoms with van der Waals surface area (Å²) >= 11 is 0. The molecule has 4 heteroatoms. The first-order valence-corrected chi connectivity index (χ1v) is 7.26. The van der Waals surface area contributed by atoms with Crippen LogP contribution in [-0.4, -0.2) is 47.1 Å². The monoisotopic (exact) mass is 280 g/mol. The van der Waals surface area contributed by atoms with Gasteiger partial charge in [0, 0.05) is 39.5 Å². The molecule has 0 amide bonds. The van der Waals surface area contributed by atoms with Crippen LogP contribution < -0.4 is 10.2 Å². The number of benzene rings is 1. The molecule has 0 aliphatic heterocycles. The van der Waals surface area contributed by atoms with E-state index in [0.717, 1.165) is 39.4 Å². The zero-order valence-corrected chi connectivity index (χ0v) is 13.2. The lowest BCUT2D eigenvalue weighted by Crippen LogP contribution is -2.30. The SMILES string of the molecule is CCNCc1ccc(N(CCOC)CCOC)cc1C. The van der Waals surface area contributed by atoms with Crippen molar-refractivity contribution in [2.75, 3.05) is 52.0 Å². The minimum Gasteiger partial charge on any atom is -0.383 e. The van der Waals surface area contributed by atoms with E-state index in [4.69, 9.17) is 9.47 Å². The van der Waals surface area contributed by atoms with Crippen LogP contribution in [-0.2, 0) is 16.0 Å². The Morgan fingerprint density at radius 3 is 2.25 bits per heavy atom. The first-order valence-electron chi connectivity index (χ1n) is 7.26. The quantitative estimate of drug-likeness (QED) is 0.712. The van der Waals surface area contributed by atoms with Crippen molar-refractivity contribution in [2.24, 2.45) is 0 Å². The van der Waals surface area contributed by atoms with E-state index in [1.54, 1.807) is 14.2 Å². The van der Waals surface area contributed by atoms with Crippen LogP contribution in [0, 0.1) is 6.92 Å². The van der Waals surface area contributed by atoms with Gasteiger partial charge in [0.1, 0.15) is 0 Å². The largest absolute Gasteiger partial charge is 0.383 e. The van der Waals surface area contributed by atoms with E-state index in [2.05, 4.69) is 42.3 Å². The number of aryl methyl sites for hydroxylation is 1. The van der Waals surface area contributed by atoms with E-state index in [1.165, 1.54) is 16.8 Å². The third kappa shape index (κ3) is 5.49. The molecule has 0 bridgehead atoms. The van der Waals surface area contributed by atoms with Gasteiger partial charge in [-0.15, -0.1) is 0 Å². The molecule has 1 aromatic carbocycles. The molecule has 20 heavy (non-hydrogen) atoms. The smallest absolute Gasteiger partial charge is 0.0637 e. The molecule has 0 unspecified atom stereocenters. The van der Waals surface area contributed by atoms with Gasteiger partial charge in [0.15, 0.2) is 0 Å². The second kappa shape index (κ2) is 9.75. The highest BCUT2D eigenvalue weighted by Crippen LogP contribution is 2.19. The highest BCUT2D eigenvalue weighted by molar-refractivity contribution is 5.51. The number of nitrogens with zero attached hydrogens (tertiary/aromatic N) is 1. The number of hydrogen-bond donors (Lipinski definition) is 1. The predicted octanol–water partition coefficient (Wildman–Crippen LogP) is 2.20. The summed E-state index contributed by atoms with van der Waals surface area (Å²) in [5, 5.41) is 3.37. The first kappa shape index (κ1) is 17.0. The van der Waals surface area contributed by atoms with Crippen molar-refractivity contribution < 1.29 is 9.47 Å². The summed E-state index contributed by atoms with van der Waals surface area (Å²) < 4.78 is 10.4. The fourth-order valence-corrected chi connectivity index (χ4v) is 2.11. The minimum atomic E-state index is 0.724. The van der Waals surface area contributed by atoms with Crippen molar-refractivity contribution in [1.82, 2.24) is 5.32 Å². The summed E-state index contributed by atoms with van der Waals surface area (Å²) in [7, 11) is 3.47. The Labute approximate surface area is 123 Å². The Bertz CT molecular complexity index is 375. The summed E-state index contributed by atoms with van der Waals surface area (Å²) in [6.45, 7) is 9.43. The normalized spacial score (nSPS) is 10.8. The van der Waals surface area contributed by atoms with Crippen LogP contribution in [0.5, 0.6) is 0 Å². The lowest BCUT2D eigenvalue weighted by molar-refractivity contribution is 0.190. The first-order chi connectivity index (χ1) is 9.72. The van der Waals surface area contributed by atoms with Crippen molar-refractivity contribution in [1.29, 1.82) is 0 Å². The maximum Gasteiger partial charge on any atom is 0.0637 e. The maximum atomic E-state index is 5.19. The van der Waals surface area contributed by atoms with Crippen LogP contribution in [0.2, 0.25) is 0 Å². The molecule has 0 spiro atoms. The molecule has 0 aliphatic rings. The third-order valence-corrected chi connectivity index (χ3v) is 3.39. The number of rotatable bonds is 10. The number of hydrogen-bond acceptors (Lipinski definition) is 4. The van der Waals surface area contributed by atoms with Gasteiger partial charge in [-0.05, 0) is 36.7 Å². The molecule has 0 saturated carbocycles. The Hall–Kier alpha value is -1.10. The zero-order chi connectivity index (χ0) is 14.8. The lowest BCUT2D eigenvalue weighted by atomic mass is 10.1. The van der Waals surface area contributed by atoms with Crippen LogP contribution in [0.3, 0.4) is 0 Å². The molecule has 0 heterocycles. The van der Waals surface area contributed by atoms with Crippen molar-refractivity contribution in [2.45, 2.75) is 20.4 Å². The van der Waals surface area contributed by atoms with Gasteiger partial charge in [-0.2, -0.15) is 0 Å². The third-order valence-electron chi connectivity index (χ3n) is 3.39. The van der Waals surface area contributed by atoms with Crippen LogP contribution >= 0.6 is 0 Å². The van der Waals surface area contributed by atoms with Gasteiger partial charge >= 0.3 is 0 Å². The number of methoxy groups -OCH3 is 2. The molecule has 1 rings (SSSR count). The van der Waals surface area contributed by atoms with Gasteiger partial charge in [0.25, 0.3) is 0 Å². The summed E-state index contributed by atoms with van der Waals surface area (Å²) in [6.07, 6.45) is 0. The Morgan fingerprint density at radius 2 is 1.75 bits per heavy atom. The standard InChI is InChI=1S/C16H28N2O2/c1-5-17-13-15-6-7-16(12-14(15)2)18(8-10-19-3)9-11-20-4/h6-7,12,17H,5,8-11,13H2,1-4H3. The molecule has 0 aliphatic carbocycles. The Kier molecular flexibility index (Phi) is 8.26. The predicted molar refractivity (Wildman–Crippen MR) is 84.5 cm³/mol. The molecule has 0 fully saturated rings. The fraction of sp³-hybridized carbons (Fsp3) is 0.625. The van der Waals surface area contributed by atoms with Gasteiger partial charge < -0.3 is 19.7 Å². The summed E-state index contributed by atoms with van der Waals surface area (Å²) in [6, 6.07) is 6.64. The molecule has 0 radical (unpaired) electrons. The maximum absolute atomic E-state index is 5.19. The Balaban J connectivity index is 2.76. The van der Waals surface area contributed by atoms with Crippen LogP contribution in [0.15, 0.2) is 18.2 Å². The fourth-order valence-electron chi connectivity index (χ4n) is 2.11. The number of nitrogens with one attached hydrogen (secondary N) is 1. The Morgan fingerprint density at radius 1 is 1.10 bits per heavy atom. The highest BCUT2D eigenvalue weighted by atomic mass is 16.5. The topological polar surface area (TPSA) is 33.7 Å². The van der Waals surface area contributed by atoms with E-state index in [-0.39, 0.29) is 0 Å². The average molecular weight is 280 g/mol. The van der Waals surface area contributed by atoms with E-state index >= 15 is 0 Å². The van der Waals surface area contributed by atoms with E-state index in [1.807, 2.05) is 0 Å². The highest BCUT2D eigenvalue weighted by Gasteiger charge is 2.08. The summed E-state index contributed by atoms with van der Waals surface area (Å²) in [5.74, 6) is 0. The molecule has 0 aromatic heterocycles. The van der Waals surface area contributed by atoms with E-state index < -0.39 is 0 Å². The minimum absolute atomic E-state index is 0.724. The number of anilines is 1. The van der Waals surface area contributed by atoms with Gasteiger partial charge in [0.2, 0.25) is 0 Å². The molecule has 1 N–H and O–H groups in total. The van der Waals surface area contributed by atoms with Crippen molar-refractivity contribution in [3.8, 4) is 0 Å². The lowest BCUT2D eigenvalue weighted by Gasteiger charge is -2.25. The van der Waals surface area contributed by atoms with Crippen LogP contribution in [0.1, 0.15) is 18.1 Å². The molecule has 4 nitrogen and oxygen atoms in total. The van der Waals surface area contributed by atoms with Gasteiger partial charge in [0.05, 0.1) is 13.2 Å². The van der Waals surface area contributed by atoms with E-state index in [9.17, 15) is 0 Å². The molecule has 1 aromatic rings. The summed E-state index contributed by atoms with van der Waals surface area (Å²) in [4.78, 5) is 2.30. The van der Waals surface area contributed by atoms with Crippen molar-refractivity contribution in [3.63, 3.8) is 0 Å². The van der Waals surface area contributed by atoms with E-state index in [0.29, 0.717) is 0 Å². The second-order valence-electron chi connectivity index (χ2n) is 4.86. The average Bonchev–Trinajstić information content (AvgIpc) is 2.46. The molecule has 0 atom stereocenters. The number of ether oxygens (including phenoxy) is 2. The van der Waals surface area contributed by atoms with Crippen molar-refractivity contribution in [3.05, 3.63) is 29.3 Å². The van der Waals surface area contributed by atoms with Crippen LogP contribution in [0.4, 0.5) is 5.69 Å². The van der Waals surface area contributed by atoms with Gasteiger partial charge in [-0.25, -0.2) is 0 Å². The second-order valence-corrected chi connectivity index (χ2v) is 4.86. The molecular formula is C16H28N2O2. The van der Waals surface area contributed by atoms with Gasteiger partial charge in [-0.3, -0.25) is 0 Å². The van der Waals surface area contributed by atoms with Crippen LogP contribution in [0.25, 0.3) is 0 Å². The molecule has 114 valence electrons. The van der Waals surface area contributed by atoms with Crippen molar-refractivity contribution >= 4 is 5.69 Å². The molecule has 0 saturated heterocycles. The molecular weight excluding hydrogens is 252 g/mol. The van der Waals surface area contributed by atoms with Gasteiger partial charge in [-0.1, -0.05) is 13.0 Å². The zero-order valence-electron chi connectivity index (χ0n) is 13.2.